The number of halogens is 1. The molecule has 3 heterocycles. The van der Waals surface area contributed by atoms with Crippen molar-refractivity contribution in [2.75, 3.05) is 17.7 Å². The zero-order valence-corrected chi connectivity index (χ0v) is 18.7. The minimum atomic E-state index is -0.599. The monoisotopic (exact) mass is 461 g/mol. The van der Waals surface area contributed by atoms with Gasteiger partial charge in [0.15, 0.2) is 5.82 Å². The highest BCUT2D eigenvalue weighted by molar-refractivity contribution is 7.13. The van der Waals surface area contributed by atoms with E-state index >= 15 is 0 Å². The predicted molar refractivity (Wildman–Crippen MR) is 126 cm³/mol. The molecule has 1 aliphatic rings. The summed E-state index contributed by atoms with van der Waals surface area (Å²) in [7, 11) is 1.55. The predicted octanol–water partition coefficient (Wildman–Crippen LogP) is 5.08. The van der Waals surface area contributed by atoms with Crippen molar-refractivity contribution in [3.8, 4) is 16.5 Å². The molecule has 2 aromatic heterocycles. The van der Waals surface area contributed by atoms with Crippen molar-refractivity contribution >= 4 is 28.9 Å². The molecular weight excluding hydrogens is 441 g/mol. The minimum Gasteiger partial charge on any atom is -0.495 e. The lowest BCUT2D eigenvalue weighted by molar-refractivity contribution is -0.113. The molecule has 0 radical (unpaired) electrons. The van der Waals surface area contributed by atoms with Crippen LogP contribution in [0.4, 0.5) is 16.0 Å². The number of amides is 1. The molecule has 0 saturated heterocycles. The van der Waals surface area contributed by atoms with Crippen LogP contribution in [0.1, 0.15) is 18.5 Å². The number of carbonyl (C=O) groups excluding carboxylic acids is 1. The number of allylic oxidation sites excluding steroid dienone is 1. The Kier molecular flexibility index (Phi) is 5.39. The highest BCUT2D eigenvalue weighted by Crippen LogP contribution is 2.38. The Morgan fingerprint density at radius 3 is 2.67 bits per heavy atom. The number of nitrogens with one attached hydrogen (secondary N) is 2. The van der Waals surface area contributed by atoms with Gasteiger partial charge >= 0.3 is 0 Å². The molecule has 0 bridgehead atoms. The Morgan fingerprint density at radius 1 is 1.15 bits per heavy atom. The second-order valence-electron chi connectivity index (χ2n) is 7.45. The van der Waals surface area contributed by atoms with E-state index in [1.54, 1.807) is 36.1 Å². The van der Waals surface area contributed by atoms with Crippen LogP contribution in [0.3, 0.4) is 0 Å². The lowest BCUT2D eigenvalue weighted by atomic mass is 9.95. The zero-order valence-electron chi connectivity index (χ0n) is 17.9. The summed E-state index contributed by atoms with van der Waals surface area (Å²) in [5, 5.41) is 12.8. The molecule has 166 valence electrons. The molecule has 7 nitrogen and oxygen atoms in total. The summed E-state index contributed by atoms with van der Waals surface area (Å²) in [4.78, 5) is 19.1. The summed E-state index contributed by atoms with van der Waals surface area (Å²) in [6.45, 7) is 1.82. The number of para-hydroxylation sites is 2. The highest BCUT2D eigenvalue weighted by atomic mass is 32.1. The summed E-state index contributed by atoms with van der Waals surface area (Å²) in [6, 6.07) is 16.5. The number of hydrogen-bond acceptors (Lipinski definition) is 6. The summed E-state index contributed by atoms with van der Waals surface area (Å²) >= 11 is 1.53. The summed E-state index contributed by atoms with van der Waals surface area (Å²) in [5.41, 5.74) is 2.34. The van der Waals surface area contributed by atoms with Gasteiger partial charge in [-0.1, -0.05) is 30.3 Å². The standard InChI is InChI=1S/C24H20FN5O2S/c1-14-20(23(31)27-17-6-3-4-7-18(17)32-2)21(15-9-11-16(25)12-10-15)30-24(26-14)28-22(29-30)19-8-5-13-33-19/h3-13,21H,1-2H3,(H,27,31)(H,26,28,29)/t21-/m0/s1. The summed E-state index contributed by atoms with van der Waals surface area (Å²) in [5.74, 6) is 0.939. The van der Waals surface area contributed by atoms with Crippen LogP contribution in [0.2, 0.25) is 0 Å². The van der Waals surface area contributed by atoms with Gasteiger partial charge in [-0.15, -0.1) is 16.4 Å². The average Bonchev–Trinajstić information content (AvgIpc) is 3.49. The molecule has 1 amide bonds. The molecule has 0 spiro atoms. The van der Waals surface area contributed by atoms with Gasteiger partial charge in [-0.05, 0) is 48.2 Å². The fourth-order valence-electron chi connectivity index (χ4n) is 3.85. The molecule has 2 aromatic carbocycles. The minimum absolute atomic E-state index is 0.322. The van der Waals surface area contributed by atoms with Gasteiger partial charge in [0.2, 0.25) is 5.95 Å². The summed E-state index contributed by atoms with van der Waals surface area (Å²) in [6.07, 6.45) is 0. The normalized spacial score (nSPS) is 15.1. The Labute approximate surface area is 193 Å². The van der Waals surface area contributed by atoms with Gasteiger partial charge in [-0.2, -0.15) is 4.98 Å². The molecular formula is C24H20FN5O2S. The highest BCUT2D eigenvalue weighted by Gasteiger charge is 2.34. The van der Waals surface area contributed by atoms with E-state index < -0.39 is 6.04 Å². The lowest BCUT2D eigenvalue weighted by Crippen LogP contribution is -2.31. The van der Waals surface area contributed by atoms with E-state index in [-0.39, 0.29) is 11.7 Å². The molecule has 0 aliphatic carbocycles. The maximum Gasteiger partial charge on any atom is 0.255 e. The van der Waals surface area contributed by atoms with Crippen LogP contribution in [-0.2, 0) is 4.79 Å². The number of anilines is 2. The number of ether oxygens (including phenoxy) is 1. The topological polar surface area (TPSA) is 81.1 Å². The molecule has 0 saturated carbocycles. The molecule has 0 fully saturated rings. The second kappa shape index (κ2) is 8.51. The van der Waals surface area contributed by atoms with Crippen LogP contribution in [0.25, 0.3) is 10.7 Å². The van der Waals surface area contributed by atoms with E-state index in [0.717, 1.165) is 4.88 Å². The van der Waals surface area contributed by atoms with Crippen LogP contribution >= 0.6 is 11.3 Å². The third-order valence-electron chi connectivity index (χ3n) is 5.38. The number of hydrogen-bond donors (Lipinski definition) is 2. The van der Waals surface area contributed by atoms with Crippen molar-refractivity contribution in [1.29, 1.82) is 0 Å². The van der Waals surface area contributed by atoms with E-state index in [1.165, 1.54) is 23.5 Å². The van der Waals surface area contributed by atoms with Gasteiger partial charge in [-0.3, -0.25) is 4.79 Å². The quantitative estimate of drug-likeness (QED) is 0.433. The first-order valence-corrected chi connectivity index (χ1v) is 11.1. The van der Waals surface area contributed by atoms with Gasteiger partial charge in [0.05, 0.1) is 23.2 Å². The molecule has 0 unspecified atom stereocenters. The maximum atomic E-state index is 13.7. The number of carbonyl (C=O) groups is 1. The number of benzene rings is 2. The summed E-state index contributed by atoms with van der Waals surface area (Å²) < 4.78 is 20.7. The molecule has 4 aromatic rings. The first-order chi connectivity index (χ1) is 16.0. The number of thiophene rings is 1. The average molecular weight is 462 g/mol. The van der Waals surface area contributed by atoms with Gasteiger partial charge in [0.25, 0.3) is 5.91 Å². The number of rotatable bonds is 5. The lowest BCUT2D eigenvalue weighted by Gasteiger charge is -2.28. The molecule has 33 heavy (non-hydrogen) atoms. The van der Waals surface area contributed by atoms with Crippen LogP contribution in [0.15, 0.2) is 77.3 Å². The van der Waals surface area contributed by atoms with Crippen LogP contribution < -0.4 is 15.4 Å². The Bertz CT molecular complexity index is 1350. The fourth-order valence-corrected chi connectivity index (χ4v) is 4.50. The van der Waals surface area contributed by atoms with E-state index in [2.05, 4.69) is 15.6 Å². The van der Waals surface area contributed by atoms with E-state index in [9.17, 15) is 9.18 Å². The van der Waals surface area contributed by atoms with Crippen molar-refractivity contribution < 1.29 is 13.9 Å². The molecule has 2 N–H and O–H groups in total. The number of aromatic nitrogens is 3. The third-order valence-corrected chi connectivity index (χ3v) is 6.25. The maximum absolute atomic E-state index is 13.7. The van der Waals surface area contributed by atoms with Crippen molar-refractivity contribution in [1.82, 2.24) is 14.8 Å². The first kappa shape index (κ1) is 20.9. The van der Waals surface area contributed by atoms with Crippen molar-refractivity contribution in [2.24, 2.45) is 0 Å². The molecule has 5 rings (SSSR count). The van der Waals surface area contributed by atoms with Crippen LogP contribution in [-0.4, -0.2) is 27.8 Å². The largest absolute Gasteiger partial charge is 0.495 e. The first-order valence-electron chi connectivity index (χ1n) is 10.2. The molecule has 1 aliphatic heterocycles. The Balaban J connectivity index is 1.60. The Morgan fingerprint density at radius 2 is 1.94 bits per heavy atom. The van der Waals surface area contributed by atoms with E-state index in [0.29, 0.717) is 40.0 Å². The van der Waals surface area contributed by atoms with Gasteiger partial charge in [0.1, 0.15) is 17.6 Å². The van der Waals surface area contributed by atoms with Gasteiger partial charge in [0, 0.05) is 5.70 Å². The molecule has 1 atom stereocenters. The van der Waals surface area contributed by atoms with E-state index in [1.807, 2.05) is 36.6 Å². The smallest absolute Gasteiger partial charge is 0.255 e. The van der Waals surface area contributed by atoms with Crippen molar-refractivity contribution in [2.45, 2.75) is 13.0 Å². The fraction of sp³-hybridized carbons (Fsp3) is 0.125. The number of methoxy groups -OCH3 is 1. The van der Waals surface area contributed by atoms with Crippen molar-refractivity contribution in [3.63, 3.8) is 0 Å². The number of nitrogens with zero attached hydrogens (tertiary/aromatic N) is 3. The third kappa shape index (κ3) is 3.87. The van der Waals surface area contributed by atoms with Crippen LogP contribution in [0, 0.1) is 5.82 Å². The van der Waals surface area contributed by atoms with Crippen molar-refractivity contribution in [3.05, 3.63) is 88.7 Å². The van der Waals surface area contributed by atoms with Gasteiger partial charge in [-0.25, -0.2) is 9.07 Å². The van der Waals surface area contributed by atoms with Crippen LogP contribution in [0.5, 0.6) is 5.75 Å². The Hall–Kier alpha value is -3.98. The second-order valence-corrected chi connectivity index (χ2v) is 8.40. The van der Waals surface area contributed by atoms with Gasteiger partial charge < -0.3 is 15.4 Å². The molecule has 9 heteroatoms. The SMILES string of the molecule is COc1ccccc1NC(=O)C1=C(C)Nc2nc(-c3cccs3)nn2[C@H]1c1ccc(F)cc1. The van der Waals surface area contributed by atoms with E-state index in [4.69, 9.17) is 9.84 Å². The number of fused-ring (bicyclic) bond motifs is 1. The zero-order chi connectivity index (χ0) is 22.9.